The molecule has 0 fully saturated rings. The Morgan fingerprint density at radius 1 is 1.14 bits per heavy atom. The quantitative estimate of drug-likeness (QED) is 0.809. The van der Waals surface area contributed by atoms with E-state index in [9.17, 15) is 4.79 Å². The van der Waals surface area contributed by atoms with E-state index in [-0.39, 0.29) is 5.91 Å². The second-order valence-corrected chi connectivity index (χ2v) is 5.29. The summed E-state index contributed by atoms with van der Waals surface area (Å²) in [6.07, 6.45) is 3.45. The van der Waals surface area contributed by atoms with Gasteiger partial charge in [-0.05, 0) is 49.1 Å². The fourth-order valence-corrected chi connectivity index (χ4v) is 2.33. The zero-order chi connectivity index (χ0) is 15.2. The number of aryl methyl sites for hydroxylation is 2. The summed E-state index contributed by atoms with van der Waals surface area (Å²) in [5.74, 6) is -0.160. The maximum atomic E-state index is 12.3. The van der Waals surface area contributed by atoms with Gasteiger partial charge in [0.2, 0.25) is 0 Å². The number of unbranched alkanes of at least 4 members (excludes halogenated alkanes) is 1. The Morgan fingerprint density at radius 3 is 2.48 bits per heavy atom. The first kappa shape index (κ1) is 15.1. The van der Waals surface area contributed by atoms with Crippen LogP contribution < -0.4 is 11.1 Å². The van der Waals surface area contributed by atoms with Crippen LogP contribution in [0, 0.1) is 6.92 Å². The summed E-state index contributed by atoms with van der Waals surface area (Å²) in [6, 6.07) is 13.5. The van der Waals surface area contributed by atoms with Crippen molar-refractivity contribution in [1.29, 1.82) is 0 Å². The number of anilines is 2. The van der Waals surface area contributed by atoms with Gasteiger partial charge in [-0.15, -0.1) is 0 Å². The molecule has 0 aliphatic heterocycles. The summed E-state index contributed by atoms with van der Waals surface area (Å²) in [5.41, 5.74) is 9.92. The van der Waals surface area contributed by atoms with Crippen LogP contribution in [-0.4, -0.2) is 5.91 Å². The van der Waals surface area contributed by atoms with Crippen LogP contribution in [0.5, 0.6) is 0 Å². The summed E-state index contributed by atoms with van der Waals surface area (Å²) in [6.45, 7) is 4.07. The average molecular weight is 282 g/mol. The number of nitrogens with two attached hydrogens (primary N) is 1. The number of amides is 1. The highest BCUT2D eigenvalue weighted by molar-refractivity contribution is 6.08. The molecule has 1 amide bonds. The number of nitrogens with one attached hydrogen (secondary N) is 1. The van der Waals surface area contributed by atoms with Crippen molar-refractivity contribution >= 4 is 17.3 Å². The molecular formula is C18H22N2O. The zero-order valence-corrected chi connectivity index (χ0v) is 12.6. The van der Waals surface area contributed by atoms with Crippen LogP contribution in [0.2, 0.25) is 0 Å². The molecule has 2 aromatic rings. The van der Waals surface area contributed by atoms with Crippen molar-refractivity contribution in [2.24, 2.45) is 0 Å². The van der Waals surface area contributed by atoms with Crippen LogP contribution in [0.1, 0.15) is 41.3 Å². The lowest BCUT2D eigenvalue weighted by Crippen LogP contribution is -2.15. The van der Waals surface area contributed by atoms with Gasteiger partial charge in [0.05, 0.1) is 5.56 Å². The summed E-state index contributed by atoms with van der Waals surface area (Å²) in [4.78, 5) is 12.3. The second kappa shape index (κ2) is 6.93. The first-order valence-electron chi connectivity index (χ1n) is 7.37. The third-order valence-electron chi connectivity index (χ3n) is 3.56. The van der Waals surface area contributed by atoms with Gasteiger partial charge in [0, 0.05) is 11.4 Å². The molecule has 0 aromatic heterocycles. The molecule has 3 N–H and O–H groups in total. The maximum Gasteiger partial charge on any atom is 0.258 e. The highest BCUT2D eigenvalue weighted by Gasteiger charge is 2.12. The Labute approximate surface area is 126 Å². The van der Waals surface area contributed by atoms with Crippen molar-refractivity contribution in [2.45, 2.75) is 33.1 Å². The number of nitrogen functional groups attached to an aromatic ring is 1. The van der Waals surface area contributed by atoms with Crippen molar-refractivity contribution in [3.05, 3.63) is 59.2 Å². The van der Waals surface area contributed by atoms with E-state index in [1.165, 1.54) is 18.4 Å². The van der Waals surface area contributed by atoms with Gasteiger partial charge in [-0.25, -0.2) is 0 Å². The summed E-state index contributed by atoms with van der Waals surface area (Å²) >= 11 is 0. The first-order chi connectivity index (χ1) is 10.1. The molecule has 0 atom stereocenters. The van der Waals surface area contributed by atoms with E-state index in [2.05, 4.69) is 24.4 Å². The van der Waals surface area contributed by atoms with E-state index >= 15 is 0 Å². The topological polar surface area (TPSA) is 55.1 Å². The molecule has 2 aromatic carbocycles. The molecule has 21 heavy (non-hydrogen) atoms. The standard InChI is InChI=1S/C18H22N2O/c1-3-4-7-14-9-11-15(12-10-14)20-18(21)17-13(2)6-5-8-16(17)19/h5-6,8-12H,3-4,7,19H2,1-2H3,(H,20,21). The fourth-order valence-electron chi connectivity index (χ4n) is 2.33. The van der Waals surface area contributed by atoms with E-state index in [1.807, 2.05) is 31.2 Å². The predicted molar refractivity (Wildman–Crippen MR) is 88.6 cm³/mol. The van der Waals surface area contributed by atoms with Crippen LogP contribution >= 0.6 is 0 Å². The SMILES string of the molecule is CCCCc1ccc(NC(=O)c2c(C)cccc2N)cc1. The van der Waals surface area contributed by atoms with E-state index < -0.39 is 0 Å². The normalized spacial score (nSPS) is 10.4. The predicted octanol–water partition coefficient (Wildman–Crippen LogP) is 4.17. The second-order valence-electron chi connectivity index (χ2n) is 5.29. The Morgan fingerprint density at radius 2 is 1.86 bits per heavy atom. The molecule has 0 heterocycles. The lowest BCUT2D eigenvalue weighted by atomic mass is 10.1. The van der Waals surface area contributed by atoms with Gasteiger partial charge in [-0.1, -0.05) is 37.6 Å². The van der Waals surface area contributed by atoms with Gasteiger partial charge in [-0.2, -0.15) is 0 Å². The van der Waals surface area contributed by atoms with Crippen LogP contribution in [0.15, 0.2) is 42.5 Å². The van der Waals surface area contributed by atoms with Gasteiger partial charge in [0.15, 0.2) is 0 Å². The molecule has 3 nitrogen and oxygen atoms in total. The Bertz CT molecular complexity index is 597. The molecule has 2 rings (SSSR count). The first-order valence-corrected chi connectivity index (χ1v) is 7.37. The number of hydrogen-bond donors (Lipinski definition) is 2. The highest BCUT2D eigenvalue weighted by atomic mass is 16.1. The molecule has 3 heteroatoms. The Kier molecular flexibility index (Phi) is 4.99. The lowest BCUT2D eigenvalue weighted by molar-refractivity contribution is 0.102. The molecule has 0 bridgehead atoms. The number of carbonyl (C=O) groups excluding carboxylic acids is 1. The molecule has 0 spiro atoms. The van der Waals surface area contributed by atoms with E-state index in [4.69, 9.17) is 5.73 Å². The fraction of sp³-hybridized carbons (Fsp3) is 0.278. The largest absolute Gasteiger partial charge is 0.398 e. The van der Waals surface area contributed by atoms with Crippen LogP contribution in [0.3, 0.4) is 0 Å². The van der Waals surface area contributed by atoms with E-state index in [0.29, 0.717) is 11.3 Å². The van der Waals surface area contributed by atoms with Crippen LogP contribution in [0.4, 0.5) is 11.4 Å². The van der Waals surface area contributed by atoms with E-state index in [1.54, 1.807) is 6.07 Å². The monoisotopic (exact) mass is 282 g/mol. The summed E-state index contributed by atoms with van der Waals surface area (Å²) < 4.78 is 0. The molecule has 110 valence electrons. The highest BCUT2D eigenvalue weighted by Crippen LogP contribution is 2.19. The number of rotatable bonds is 5. The third kappa shape index (κ3) is 3.85. The van der Waals surface area contributed by atoms with Crippen molar-refractivity contribution in [3.63, 3.8) is 0 Å². The molecule has 0 unspecified atom stereocenters. The van der Waals surface area contributed by atoms with Gasteiger partial charge < -0.3 is 11.1 Å². The summed E-state index contributed by atoms with van der Waals surface area (Å²) in [5, 5.41) is 2.90. The average Bonchev–Trinajstić information content (AvgIpc) is 2.46. The van der Waals surface area contributed by atoms with Crippen molar-refractivity contribution in [2.75, 3.05) is 11.1 Å². The minimum Gasteiger partial charge on any atom is -0.398 e. The molecular weight excluding hydrogens is 260 g/mol. The number of benzene rings is 2. The Balaban J connectivity index is 2.09. The van der Waals surface area contributed by atoms with Crippen molar-refractivity contribution < 1.29 is 4.79 Å². The molecule has 0 aliphatic carbocycles. The molecule has 0 saturated heterocycles. The van der Waals surface area contributed by atoms with Gasteiger partial charge >= 0.3 is 0 Å². The molecule has 0 radical (unpaired) electrons. The number of hydrogen-bond acceptors (Lipinski definition) is 2. The van der Waals surface area contributed by atoms with Crippen molar-refractivity contribution in [1.82, 2.24) is 0 Å². The zero-order valence-electron chi connectivity index (χ0n) is 12.6. The lowest BCUT2D eigenvalue weighted by Gasteiger charge is -2.10. The molecule has 0 saturated carbocycles. The van der Waals surface area contributed by atoms with Crippen LogP contribution in [0.25, 0.3) is 0 Å². The third-order valence-corrected chi connectivity index (χ3v) is 3.56. The van der Waals surface area contributed by atoms with Gasteiger partial charge in [0.1, 0.15) is 0 Å². The van der Waals surface area contributed by atoms with Crippen LogP contribution in [-0.2, 0) is 6.42 Å². The minimum atomic E-state index is -0.160. The van der Waals surface area contributed by atoms with Crippen molar-refractivity contribution in [3.8, 4) is 0 Å². The van der Waals surface area contributed by atoms with Gasteiger partial charge in [0.25, 0.3) is 5.91 Å². The molecule has 0 aliphatic rings. The van der Waals surface area contributed by atoms with E-state index in [0.717, 1.165) is 17.7 Å². The summed E-state index contributed by atoms with van der Waals surface area (Å²) in [7, 11) is 0. The maximum absolute atomic E-state index is 12.3. The smallest absolute Gasteiger partial charge is 0.258 e. The van der Waals surface area contributed by atoms with Gasteiger partial charge in [-0.3, -0.25) is 4.79 Å². The number of carbonyl (C=O) groups is 1. The Hall–Kier alpha value is -2.29. The minimum absolute atomic E-state index is 0.160.